The molecule has 1 rings (SSSR count). The summed E-state index contributed by atoms with van der Waals surface area (Å²) in [5, 5.41) is 0. The van der Waals surface area contributed by atoms with Crippen molar-refractivity contribution in [1.29, 1.82) is 0 Å². The Balaban J connectivity index is 2.35. The maximum atomic E-state index is 10.7. The van der Waals surface area contributed by atoms with Gasteiger partial charge in [0.05, 0.1) is 12.7 Å². The number of carbonyl (C=O) groups is 2. The topological polar surface area (TPSA) is 61.8 Å². The van der Waals surface area contributed by atoms with Crippen molar-refractivity contribution in [3.63, 3.8) is 0 Å². The fourth-order valence-electron chi connectivity index (χ4n) is 1.61. The Labute approximate surface area is 88.7 Å². The third-order valence-electron chi connectivity index (χ3n) is 2.20. The van der Waals surface area contributed by atoms with Gasteiger partial charge >= 0.3 is 11.9 Å². The lowest BCUT2D eigenvalue weighted by Gasteiger charge is -2.17. The van der Waals surface area contributed by atoms with E-state index in [1.54, 1.807) is 6.92 Å². The summed E-state index contributed by atoms with van der Waals surface area (Å²) >= 11 is 0. The highest BCUT2D eigenvalue weighted by molar-refractivity contribution is 5.66. The van der Waals surface area contributed by atoms with Crippen LogP contribution in [0.15, 0.2) is 0 Å². The van der Waals surface area contributed by atoms with Gasteiger partial charge in [-0.05, 0) is 6.92 Å². The van der Waals surface area contributed by atoms with Crippen molar-refractivity contribution < 1.29 is 23.8 Å². The maximum absolute atomic E-state index is 10.7. The van der Waals surface area contributed by atoms with E-state index in [2.05, 4.69) is 0 Å². The normalized spacial score (nSPS) is 27.1. The van der Waals surface area contributed by atoms with Gasteiger partial charge in [0, 0.05) is 20.3 Å². The molecule has 1 aliphatic heterocycles. The lowest BCUT2D eigenvalue weighted by atomic mass is 10.1. The summed E-state index contributed by atoms with van der Waals surface area (Å²) in [6.07, 6.45) is -0.125. The summed E-state index contributed by atoms with van der Waals surface area (Å²) in [6, 6.07) is 0. The largest absolute Gasteiger partial charge is 0.460 e. The Hall–Kier alpha value is -1.10. The third-order valence-corrected chi connectivity index (χ3v) is 2.20. The number of carbonyl (C=O) groups excluding carboxylic acids is 2. The molecule has 1 fully saturated rings. The standard InChI is InChI=1S/C10H16O5/c1-6(14-7(2)11)10-4-9(5-13-10)15-8(3)12/h6,9-10H,4-5H2,1-3H3/t6-,9+,10-/m0/s1. The van der Waals surface area contributed by atoms with E-state index in [0.717, 1.165) is 0 Å². The fourth-order valence-corrected chi connectivity index (χ4v) is 1.61. The van der Waals surface area contributed by atoms with Gasteiger partial charge in [-0.2, -0.15) is 0 Å². The molecule has 5 heteroatoms. The van der Waals surface area contributed by atoms with Gasteiger partial charge in [-0.25, -0.2) is 0 Å². The zero-order valence-electron chi connectivity index (χ0n) is 9.19. The quantitative estimate of drug-likeness (QED) is 0.648. The number of esters is 2. The Morgan fingerprint density at radius 1 is 1.33 bits per heavy atom. The second-order valence-electron chi connectivity index (χ2n) is 3.65. The van der Waals surface area contributed by atoms with Crippen molar-refractivity contribution >= 4 is 11.9 Å². The minimum atomic E-state index is -0.331. The molecule has 3 atom stereocenters. The molecule has 0 N–H and O–H groups in total. The van der Waals surface area contributed by atoms with Gasteiger partial charge in [-0.1, -0.05) is 0 Å². The molecule has 1 heterocycles. The van der Waals surface area contributed by atoms with E-state index < -0.39 is 0 Å². The van der Waals surface area contributed by atoms with Crippen molar-refractivity contribution in [1.82, 2.24) is 0 Å². The average Bonchev–Trinajstić information content (AvgIpc) is 2.50. The first-order valence-electron chi connectivity index (χ1n) is 4.95. The summed E-state index contributed by atoms with van der Waals surface area (Å²) in [4.78, 5) is 21.4. The van der Waals surface area contributed by atoms with Crippen LogP contribution >= 0.6 is 0 Å². The van der Waals surface area contributed by atoms with Crippen LogP contribution in [0, 0.1) is 0 Å². The predicted molar refractivity (Wildman–Crippen MR) is 51.1 cm³/mol. The molecule has 0 aromatic heterocycles. The maximum Gasteiger partial charge on any atom is 0.302 e. The predicted octanol–water partition coefficient (Wildman–Crippen LogP) is 0.659. The summed E-state index contributed by atoms with van der Waals surface area (Å²) in [5.41, 5.74) is 0. The first kappa shape index (κ1) is 12.0. The molecule has 86 valence electrons. The van der Waals surface area contributed by atoms with Crippen LogP contribution in [0.2, 0.25) is 0 Å². The molecule has 1 aliphatic rings. The van der Waals surface area contributed by atoms with Crippen LogP contribution in [0.1, 0.15) is 27.2 Å². The number of rotatable bonds is 3. The van der Waals surface area contributed by atoms with Crippen LogP contribution in [0.4, 0.5) is 0 Å². The fraction of sp³-hybridized carbons (Fsp3) is 0.800. The van der Waals surface area contributed by atoms with Crippen LogP contribution in [0.25, 0.3) is 0 Å². The molecule has 0 aliphatic carbocycles. The second-order valence-corrected chi connectivity index (χ2v) is 3.65. The Bertz CT molecular complexity index is 250. The molecule has 0 bridgehead atoms. The zero-order valence-corrected chi connectivity index (χ0v) is 9.19. The molecule has 1 saturated heterocycles. The molecule has 0 amide bonds. The highest BCUT2D eigenvalue weighted by Gasteiger charge is 2.32. The number of ether oxygens (including phenoxy) is 3. The number of hydrogen-bond acceptors (Lipinski definition) is 5. The minimum Gasteiger partial charge on any atom is -0.460 e. The lowest BCUT2D eigenvalue weighted by Crippen LogP contribution is -2.27. The minimum absolute atomic E-state index is 0.182. The monoisotopic (exact) mass is 216 g/mol. The Morgan fingerprint density at radius 3 is 2.53 bits per heavy atom. The molecular weight excluding hydrogens is 200 g/mol. The van der Waals surface area contributed by atoms with Gasteiger partial charge < -0.3 is 14.2 Å². The SMILES string of the molecule is CC(=O)O[C@H]1CO[C@H]([C@H](C)OC(C)=O)C1. The van der Waals surface area contributed by atoms with Crippen molar-refractivity contribution in [2.75, 3.05) is 6.61 Å². The van der Waals surface area contributed by atoms with E-state index >= 15 is 0 Å². The van der Waals surface area contributed by atoms with Crippen molar-refractivity contribution in [3.05, 3.63) is 0 Å². The average molecular weight is 216 g/mol. The number of hydrogen-bond donors (Lipinski definition) is 0. The van der Waals surface area contributed by atoms with E-state index in [1.807, 2.05) is 0 Å². The van der Waals surface area contributed by atoms with Crippen molar-refractivity contribution in [2.24, 2.45) is 0 Å². The van der Waals surface area contributed by atoms with Crippen molar-refractivity contribution in [3.8, 4) is 0 Å². The van der Waals surface area contributed by atoms with Crippen LogP contribution < -0.4 is 0 Å². The zero-order chi connectivity index (χ0) is 11.4. The van der Waals surface area contributed by atoms with Gasteiger partial charge in [-0.15, -0.1) is 0 Å². The molecule has 0 aromatic carbocycles. The van der Waals surface area contributed by atoms with E-state index in [0.29, 0.717) is 13.0 Å². The summed E-state index contributed by atoms with van der Waals surface area (Å²) < 4.78 is 15.3. The van der Waals surface area contributed by atoms with Crippen molar-refractivity contribution in [2.45, 2.75) is 45.5 Å². The van der Waals surface area contributed by atoms with E-state index in [1.165, 1.54) is 13.8 Å². The molecule has 5 nitrogen and oxygen atoms in total. The third kappa shape index (κ3) is 3.87. The van der Waals surface area contributed by atoms with Gasteiger partial charge in [0.25, 0.3) is 0 Å². The Morgan fingerprint density at radius 2 is 2.00 bits per heavy atom. The Kier molecular flexibility index (Phi) is 4.08. The van der Waals surface area contributed by atoms with Crippen LogP contribution in [0.5, 0.6) is 0 Å². The first-order chi connectivity index (χ1) is 6.99. The first-order valence-corrected chi connectivity index (χ1v) is 4.95. The second kappa shape index (κ2) is 5.11. The van der Waals surface area contributed by atoms with E-state index in [9.17, 15) is 9.59 Å². The molecular formula is C10H16O5. The van der Waals surface area contributed by atoms with Gasteiger partial charge in [0.1, 0.15) is 12.2 Å². The van der Waals surface area contributed by atoms with Gasteiger partial charge in [0.15, 0.2) is 0 Å². The van der Waals surface area contributed by atoms with Crippen LogP contribution in [-0.2, 0) is 23.8 Å². The molecule has 0 radical (unpaired) electrons. The summed E-state index contributed by atoms with van der Waals surface area (Å²) in [7, 11) is 0. The van der Waals surface area contributed by atoms with E-state index in [4.69, 9.17) is 14.2 Å². The molecule has 0 unspecified atom stereocenters. The molecule has 0 aromatic rings. The van der Waals surface area contributed by atoms with Crippen LogP contribution in [-0.4, -0.2) is 36.9 Å². The molecule has 0 spiro atoms. The summed E-state index contributed by atoms with van der Waals surface area (Å²) in [5.74, 6) is -0.647. The smallest absolute Gasteiger partial charge is 0.302 e. The van der Waals surface area contributed by atoms with Gasteiger partial charge in [0.2, 0.25) is 0 Å². The highest BCUT2D eigenvalue weighted by Crippen LogP contribution is 2.20. The summed E-state index contributed by atoms with van der Waals surface area (Å²) in [6.45, 7) is 4.86. The molecule has 15 heavy (non-hydrogen) atoms. The van der Waals surface area contributed by atoms with E-state index in [-0.39, 0.29) is 30.3 Å². The van der Waals surface area contributed by atoms with Crippen LogP contribution in [0.3, 0.4) is 0 Å². The highest BCUT2D eigenvalue weighted by atomic mass is 16.6. The lowest BCUT2D eigenvalue weighted by molar-refractivity contribution is -0.151. The molecule has 0 saturated carbocycles. The van der Waals surface area contributed by atoms with Gasteiger partial charge in [-0.3, -0.25) is 9.59 Å².